The van der Waals surface area contributed by atoms with E-state index in [1.54, 1.807) is 7.11 Å². The Balaban J connectivity index is 3.00. The summed E-state index contributed by atoms with van der Waals surface area (Å²) in [5.74, 6) is 6.53. The van der Waals surface area contributed by atoms with Crippen LogP contribution >= 0.6 is 0 Å². The summed E-state index contributed by atoms with van der Waals surface area (Å²) < 4.78 is 5.27. The molecule has 1 unspecified atom stereocenters. The average Bonchev–Trinajstić information content (AvgIpc) is 2.44. The fourth-order valence-corrected chi connectivity index (χ4v) is 1.82. The molecule has 104 valence electrons. The topological polar surface area (TPSA) is 32.7 Å². The number of hydrogen-bond donors (Lipinski definition) is 1. The van der Waals surface area contributed by atoms with Crippen LogP contribution in [0.15, 0.2) is 18.2 Å². The highest BCUT2D eigenvalue weighted by atomic mass is 16.5. The Morgan fingerprint density at radius 2 is 2.16 bits per heavy atom. The van der Waals surface area contributed by atoms with E-state index in [2.05, 4.69) is 37.6 Å². The van der Waals surface area contributed by atoms with Gasteiger partial charge in [-0.1, -0.05) is 18.8 Å². The van der Waals surface area contributed by atoms with Crippen molar-refractivity contribution in [2.75, 3.05) is 20.8 Å². The molecule has 1 N–H and O–H groups in total. The van der Waals surface area contributed by atoms with Gasteiger partial charge in [-0.2, -0.15) is 0 Å². The molecule has 0 bridgehead atoms. The SMILES string of the molecule is CCC(C)N(C)Cc1cc(OC)ccc1C#CCO. The van der Waals surface area contributed by atoms with Crippen molar-refractivity contribution in [1.29, 1.82) is 0 Å². The quantitative estimate of drug-likeness (QED) is 0.825. The zero-order valence-corrected chi connectivity index (χ0v) is 12.2. The number of aliphatic hydroxyl groups excluding tert-OH is 1. The molecule has 0 aliphatic rings. The monoisotopic (exact) mass is 261 g/mol. The number of methoxy groups -OCH3 is 1. The van der Waals surface area contributed by atoms with Crippen LogP contribution in [0.2, 0.25) is 0 Å². The third-order valence-electron chi connectivity index (χ3n) is 3.38. The van der Waals surface area contributed by atoms with Crippen molar-refractivity contribution in [1.82, 2.24) is 4.90 Å². The Hall–Kier alpha value is -1.50. The van der Waals surface area contributed by atoms with Crippen molar-refractivity contribution in [3.05, 3.63) is 29.3 Å². The molecule has 0 aromatic heterocycles. The summed E-state index contributed by atoms with van der Waals surface area (Å²) in [6.07, 6.45) is 1.11. The molecule has 0 saturated carbocycles. The van der Waals surface area contributed by atoms with Gasteiger partial charge in [0.05, 0.1) is 7.11 Å². The lowest BCUT2D eigenvalue weighted by atomic mass is 10.1. The molecule has 0 spiro atoms. The molecule has 1 aromatic carbocycles. The molecular weight excluding hydrogens is 238 g/mol. The number of aliphatic hydroxyl groups is 1. The summed E-state index contributed by atoms with van der Waals surface area (Å²) >= 11 is 0. The summed E-state index contributed by atoms with van der Waals surface area (Å²) in [6, 6.07) is 6.38. The lowest BCUT2D eigenvalue weighted by molar-refractivity contribution is 0.243. The van der Waals surface area contributed by atoms with Crippen LogP contribution in [0.3, 0.4) is 0 Å². The molecule has 19 heavy (non-hydrogen) atoms. The maximum Gasteiger partial charge on any atom is 0.119 e. The van der Waals surface area contributed by atoms with Crippen LogP contribution < -0.4 is 4.74 Å². The molecule has 1 rings (SSSR count). The van der Waals surface area contributed by atoms with E-state index in [4.69, 9.17) is 9.84 Å². The van der Waals surface area contributed by atoms with Gasteiger partial charge < -0.3 is 9.84 Å². The summed E-state index contributed by atoms with van der Waals surface area (Å²) in [7, 11) is 3.77. The van der Waals surface area contributed by atoms with Gasteiger partial charge in [0.1, 0.15) is 12.4 Å². The third kappa shape index (κ3) is 4.59. The van der Waals surface area contributed by atoms with E-state index in [0.29, 0.717) is 6.04 Å². The van der Waals surface area contributed by atoms with E-state index in [1.165, 1.54) is 0 Å². The van der Waals surface area contributed by atoms with Crippen molar-refractivity contribution in [2.24, 2.45) is 0 Å². The minimum Gasteiger partial charge on any atom is -0.497 e. The van der Waals surface area contributed by atoms with Gasteiger partial charge in [-0.05, 0) is 44.2 Å². The van der Waals surface area contributed by atoms with E-state index >= 15 is 0 Å². The Bertz CT molecular complexity index is 460. The normalized spacial score (nSPS) is 11.9. The first-order chi connectivity index (χ1) is 9.12. The minimum atomic E-state index is -0.118. The number of rotatable bonds is 5. The zero-order chi connectivity index (χ0) is 14.3. The van der Waals surface area contributed by atoms with Gasteiger partial charge in [0.2, 0.25) is 0 Å². The maximum absolute atomic E-state index is 8.82. The van der Waals surface area contributed by atoms with Crippen LogP contribution in [0.4, 0.5) is 0 Å². The Morgan fingerprint density at radius 1 is 1.42 bits per heavy atom. The molecule has 0 heterocycles. The van der Waals surface area contributed by atoms with Crippen molar-refractivity contribution in [3.63, 3.8) is 0 Å². The number of benzene rings is 1. The lowest BCUT2D eigenvalue weighted by Crippen LogP contribution is -2.28. The molecule has 1 atom stereocenters. The predicted octanol–water partition coefficient (Wildman–Crippen LogP) is 2.27. The first-order valence-corrected chi connectivity index (χ1v) is 6.59. The van der Waals surface area contributed by atoms with Gasteiger partial charge in [-0.25, -0.2) is 0 Å². The molecular formula is C16H23NO2. The summed E-state index contributed by atoms with van der Waals surface area (Å²) in [6.45, 7) is 5.09. The Morgan fingerprint density at radius 3 is 2.74 bits per heavy atom. The number of ether oxygens (including phenoxy) is 1. The lowest BCUT2D eigenvalue weighted by Gasteiger charge is -2.24. The van der Waals surface area contributed by atoms with Crippen LogP contribution in [0.1, 0.15) is 31.4 Å². The van der Waals surface area contributed by atoms with Crippen LogP contribution in [-0.2, 0) is 6.54 Å². The molecule has 0 aliphatic carbocycles. The van der Waals surface area contributed by atoms with E-state index in [-0.39, 0.29) is 6.61 Å². The fraction of sp³-hybridized carbons (Fsp3) is 0.500. The van der Waals surface area contributed by atoms with Crippen molar-refractivity contribution < 1.29 is 9.84 Å². The number of nitrogens with zero attached hydrogens (tertiary/aromatic N) is 1. The van der Waals surface area contributed by atoms with Crippen molar-refractivity contribution in [2.45, 2.75) is 32.9 Å². The van der Waals surface area contributed by atoms with E-state index < -0.39 is 0 Å². The average molecular weight is 261 g/mol. The smallest absolute Gasteiger partial charge is 0.119 e. The molecule has 0 radical (unpaired) electrons. The first-order valence-electron chi connectivity index (χ1n) is 6.59. The van der Waals surface area contributed by atoms with E-state index in [0.717, 1.165) is 29.8 Å². The highest BCUT2D eigenvalue weighted by Crippen LogP contribution is 2.19. The molecule has 3 nitrogen and oxygen atoms in total. The van der Waals surface area contributed by atoms with Crippen LogP contribution in [0.25, 0.3) is 0 Å². The molecule has 0 aliphatic heterocycles. The molecule has 1 aromatic rings. The van der Waals surface area contributed by atoms with Gasteiger partial charge in [0.25, 0.3) is 0 Å². The largest absolute Gasteiger partial charge is 0.497 e. The molecule has 0 saturated heterocycles. The number of hydrogen-bond acceptors (Lipinski definition) is 3. The zero-order valence-electron chi connectivity index (χ0n) is 12.2. The second kappa shape index (κ2) is 7.83. The predicted molar refractivity (Wildman–Crippen MR) is 78.2 cm³/mol. The Labute approximate surface area is 116 Å². The molecule has 0 amide bonds. The maximum atomic E-state index is 8.82. The van der Waals surface area contributed by atoms with Crippen LogP contribution in [-0.4, -0.2) is 36.8 Å². The van der Waals surface area contributed by atoms with E-state index in [1.807, 2.05) is 18.2 Å². The van der Waals surface area contributed by atoms with Crippen molar-refractivity contribution in [3.8, 4) is 17.6 Å². The van der Waals surface area contributed by atoms with Gasteiger partial charge in [-0.3, -0.25) is 4.90 Å². The highest BCUT2D eigenvalue weighted by molar-refractivity contribution is 5.45. The van der Waals surface area contributed by atoms with Crippen LogP contribution in [0.5, 0.6) is 5.75 Å². The van der Waals surface area contributed by atoms with Gasteiger partial charge in [0, 0.05) is 18.2 Å². The van der Waals surface area contributed by atoms with Crippen LogP contribution in [0, 0.1) is 11.8 Å². The summed E-state index contributed by atoms with van der Waals surface area (Å²) in [5, 5.41) is 8.82. The first kappa shape index (κ1) is 15.6. The summed E-state index contributed by atoms with van der Waals surface area (Å²) in [4.78, 5) is 2.29. The molecule has 3 heteroatoms. The van der Waals surface area contributed by atoms with Gasteiger partial charge in [0.15, 0.2) is 0 Å². The molecule has 0 fully saturated rings. The van der Waals surface area contributed by atoms with Crippen molar-refractivity contribution >= 4 is 0 Å². The van der Waals surface area contributed by atoms with Gasteiger partial charge in [-0.15, -0.1) is 0 Å². The standard InChI is InChI=1S/C16H23NO2/c1-5-13(2)17(3)12-15-11-16(19-4)9-8-14(15)7-6-10-18/h8-9,11,13,18H,5,10,12H2,1-4H3. The second-order valence-electron chi connectivity index (χ2n) is 4.66. The fourth-order valence-electron chi connectivity index (χ4n) is 1.82. The second-order valence-corrected chi connectivity index (χ2v) is 4.66. The van der Waals surface area contributed by atoms with E-state index in [9.17, 15) is 0 Å². The third-order valence-corrected chi connectivity index (χ3v) is 3.38. The minimum absolute atomic E-state index is 0.118. The Kier molecular flexibility index (Phi) is 6.41. The highest BCUT2D eigenvalue weighted by Gasteiger charge is 2.10. The van der Waals surface area contributed by atoms with Gasteiger partial charge >= 0.3 is 0 Å². The summed E-state index contributed by atoms with van der Waals surface area (Å²) in [5.41, 5.74) is 2.08.